The number of hydrogen-bond donors (Lipinski definition) is 1. The maximum Gasteiger partial charge on any atom is 0.245 e. The Labute approximate surface area is 138 Å². The van der Waals surface area contributed by atoms with Crippen LogP contribution in [0.2, 0.25) is 0 Å². The smallest absolute Gasteiger partial charge is 0.245 e. The van der Waals surface area contributed by atoms with E-state index in [1.807, 2.05) is 0 Å². The van der Waals surface area contributed by atoms with Crippen molar-refractivity contribution in [2.24, 2.45) is 11.7 Å². The van der Waals surface area contributed by atoms with Gasteiger partial charge in [0.1, 0.15) is 4.90 Å². The Morgan fingerprint density at radius 3 is 2.71 bits per heavy atom. The zero-order valence-electron chi connectivity index (χ0n) is 11.9. The number of sulfonamides is 1. The SMILES string of the molecule is NCc1cc(S(=O)(=O)N2CCC[C@H]3CCCC[C@H]32)c(Br)s1. The second-order valence-corrected chi connectivity index (χ2v) is 10.2. The highest BCUT2D eigenvalue weighted by atomic mass is 79.9. The second-order valence-electron chi connectivity index (χ2n) is 5.92. The summed E-state index contributed by atoms with van der Waals surface area (Å²) in [6.07, 6.45) is 6.73. The first kappa shape index (κ1) is 15.9. The fraction of sp³-hybridized carbons (Fsp3) is 0.714. The van der Waals surface area contributed by atoms with Crippen LogP contribution in [0.1, 0.15) is 43.4 Å². The Hall–Kier alpha value is 0.0500. The van der Waals surface area contributed by atoms with Crippen molar-refractivity contribution in [3.63, 3.8) is 0 Å². The molecule has 1 aliphatic heterocycles. The van der Waals surface area contributed by atoms with Crippen molar-refractivity contribution in [3.8, 4) is 0 Å². The molecule has 3 rings (SSSR count). The van der Waals surface area contributed by atoms with Gasteiger partial charge in [-0.3, -0.25) is 0 Å². The third-order valence-corrected chi connectivity index (χ3v) is 8.89. The van der Waals surface area contributed by atoms with E-state index in [0.717, 1.165) is 24.1 Å². The van der Waals surface area contributed by atoms with Gasteiger partial charge in [0, 0.05) is 24.0 Å². The van der Waals surface area contributed by atoms with E-state index in [0.29, 0.717) is 27.7 Å². The van der Waals surface area contributed by atoms with Gasteiger partial charge in [0.05, 0.1) is 3.79 Å². The first-order chi connectivity index (χ1) is 10.0. The van der Waals surface area contributed by atoms with Crippen LogP contribution in [0.3, 0.4) is 0 Å². The quantitative estimate of drug-likeness (QED) is 0.857. The average Bonchev–Trinajstić information content (AvgIpc) is 2.88. The standard InChI is InChI=1S/C14H21BrN2O2S2/c15-14-13(8-11(9-16)20-14)21(18,19)17-7-3-5-10-4-1-2-6-12(10)17/h8,10,12H,1-7,9,16H2/t10-,12-/m1/s1. The molecular formula is C14H21BrN2O2S2. The van der Waals surface area contributed by atoms with Gasteiger partial charge in [0.2, 0.25) is 10.0 Å². The number of halogens is 1. The van der Waals surface area contributed by atoms with Crippen LogP contribution in [0.15, 0.2) is 14.7 Å². The van der Waals surface area contributed by atoms with Gasteiger partial charge in [-0.15, -0.1) is 11.3 Å². The largest absolute Gasteiger partial charge is 0.326 e. The fourth-order valence-corrected chi connectivity index (χ4v) is 7.95. The van der Waals surface area contributed by atoms with Gasteiger partial charge in [-0.25, -0.2) is 8.42 Å². The Morgan fingerprint density at radius 1 is 1.29 bits per heavy atom. The molecule has 1 saturated heterocycles. The maximum absolute atomic E-state index is 13.1. The van der Waals surface area contributed by atoms with Crippen molar-refractivity contribution >= 4 is 37.3 Å². The number of rotatable bonds is 3. The molecule has 21 heavy (non-hydrogen) atoms. The predicted molar refractivity (Wildman–Crippen MR) is 88.8 cm³/mol. The summed E-state index contributed by atoms with van der Waals surface area (Å²) in [5.41, 5.74) is 5.64. The van der Waals surface area contributed by atoms with Crippen LogP contribution >= 0.6 is 27.3 Å². The van der Waals surface area contributed by atoms with Crippen molar-refractivity contribution in [1.29, 1.82) is 0 Å². The van der Waals surface area contributed by atoms with Crippen LogP contribution in [0.5, 0.6) is 0 Å². The molecule has 0 amide bonds. The summed E-state index contributed by atoms with van der Waals surface area (Å²) in [5.74, 6) is 0.550. The van der Waals surface area contributed by atoms with Crippen molar-refractivity contribution in [2.75, 3.05) is 6.54 Å². The minimum atomic E-state index is -3.41. The molecule has 7 heteroatoms. The summed E-state index contributed by atoms with van der Waals surface area (Å²) in [5, 5.41) is 0. The molecule has 1 saturated carbocycles. The van der Waals surface area contributed by atoms with Crippen molar-refractivity contribution < 1.29 is 8.42 Å². The molecule has 1 aromatic rings. The number of nitrogens with two attached hydrogens (primary N) is 1. The summed E-state index contributed by atoms with van der Waals surface area (Å²) >= 11 is 4.83. The van der Waals surface area contributed by atoms with Gasteiger partial charge in [0.25, 0.3) is 0 Å². The lowest BCUT2D eigenvalue weighted by atomic mass is 9.79. The van der Waals surface area contributed by atoms with Crippen molar-refractivity contribution in [2.45, 2.75) is 56.0 Å². The Bertz CT molecular complexity index is 612. The van der Waals surface area contributed by atoms with Crippen LogP contribution in [0, 0.1) is 5.92 Å². The molecular weight excluding hydrogens is 372 g/mol. The predicted octanol–water partition coefficient (Wildman–Crippen LogP) is 3.31. The first-order valence-corrected chi connectivity index (χ1v) is 10.6. The zero-order chi connectivity index (χ0) is 15.0. The second kappa shape index (κ2) is 6.28. The molecule has 2 fully saturated rings. The van der Waals surface area contributed by atoms with Crippen LogP contribution in [0.4, 0.5) is 0 Å². The van der Waals surface area contributed by atoms with E-state index in [2.05, 4.69) is 15.9 Å². The van der Waals surface area contributed by atoms with Gasteiger partial charge < -0.3 is 5.73 Å². The maximum atomic E-state index is 13.1. The van der Waals surface area contributed by atoms with Crippen LogP contribution in [-0.4, -0.2) is 25.3 Å². The van der Waals surface area contributed by atoms with Gasteiger partial charge in [-0.2, -0.15) is 4.31 Å². The zero-order valence-corrected chi connectivity index (χ0v) is 15.1. The number of piperidine rings is 1. The third-order valence-electron chi connectivity index (χ3n) is 4.69. The van der Waals surface area contributed by atoms with E-state index in [1.54, 1.807) is 10.4 Å². The summed E-state index contributed by atoms with van der Waals surface area (Å²) < 4.78 is 28.6. The molecule has 0 spiro atoms. The Balaban J connectivity index is 1.94. The molecule has 1 aliphatic carbocycles. The number of thiophene rings is 1. The summed E-state index contributed by atoms with van der Waals surface area (Å²) in [6.45, 7) is 1.04. The van der Waals surface area contributed by atoms with E-state index in [-0.39, 0.29) is 6.04 Å². The molecule has 4 nitrogen and oxygen atoms in total. The lowest BCUT2D eigenvalue weighted by molar-refractivity contribution is 0.129. The lowest BCUT2D eigenvalue weighted by Gasteiger charge is -2.43. The normalized spacial score (nSPS) is 27.5. The highest BCUT2D eigenvalue weighted by molar-refractivity contribution is 9.11. The molecule has 0 unspecified atom stereocenters. The molecule has 2 aliphatic rings. The lowest BCUT2D eigenvalue weighted by Crippen LogP contribution is -2.49. The molecule has 2 N–H and O–H groups in total. The minimum absolute atomic E-state index is 0.200. The first-order valence-electron chi connectivity index (χ1n) is 7.54. The van der Waals surface area contributed by atoms with Gasteiger partial charge in [-0.05, 0) is 53.6 Å². The molecule has 1 aromatic heterocycles. The summed E-state index contributed by atoms with van der Waals surface area (Å²) in [6, 6.07) is 1.93. The van der Waals surface area contributed by atoms with Crippen LogP contribution in [-0.2, 0) is 16.6 Å². The summed E-state index contributed by atoms with van der Waals surface area (Å²) in [4.78, 5) is 1.30. The highest BCUT2D eigenvalue weighted by Gasteiger charge is 2.40. The molecule has 2 heterocycles. The van der Waals surface area contributed by atoms with Crippen molar-refractivity contribution in [3.05, 3.63) is 14.7 Å². The van der Waals surface area contributed by atoms with Gasteiger partial charge in [-0.1, -0.05) is 12.8 Å². The van der Waals surface area contributed by atoms with Gasteiger partial charge >= 0.3 is 0 Å². The van der Waals surface area contributed by atoms with Gasteiger partial charge in [0.15, 0.2) is 0 Å². The average molecular weight is 393 g/mol. The van der Waals surface area contributed by atoms with Crippen molar-refractivity contribution in [1.82, 2.24) is 4.31 Å². The molecule has 2 atom stereocenters. The molecule has 0 bridgehead atoms. The monoisotopic (exact) mass is 392 g/mol. The molecule has 118 valence electrons. The van der Waals surface area contributed by atoms with Crippen LogP contribution in [0.25, 0.3) is 0 Å². The number of hydrogen-bond acceptors (Lipinski definition) is 4. The van der Waals surface area contributed by atoms with E-state index in [9.17, 15) is 8.42 Å². The third kappa shape index (κ3) is 2.95. The minimum Gasteiger partial charge on any atom is -0.326 e. The van der Waals surface area contributed by atoms with E-state index >= 15 is 0 Å². The Kier molecular flexibility index (Phi) is 4.76. The van der Waals surface area contributed by atoms with Crippen LogP contribution < -0.4 is 5.73 Å². The highest BCUT2D eigenvalue weighted by Crippen LogP contribution is 2.40. The summed E-state index contributed by atoms with van der Waals surface area (Å²) in [7, 11) is -3.41. The number of nitrogens with zero attached hydrogens (tertiary/aromatic N) is 1. The molecule has 0 radical (unpaired) electrons. The van der Waals surface area contributed by atoms with E-state index in [4.69, 9.17) is 5.73 Å². The Morgan fingerprint density at radius 2 is 2.00 bits per heavy atom. The number of fused-ring (bicyclic) bond motifs is 1. The topological polar surface area (TPSA) is 63.4 Å². The van der Waals surface area contributed by atoms with E-state index in [1.165, 1.54) is 30.6 Å². The fourth-order valence-electron chi connectivity index (χ4n) is 3.68. The molecule has 0 aromatic carbocycles. The van der Waals surface area contributed by atoms with E-state index < -0.39 is 10.0 Å².